The predicted octanol–water partition coefficient (Wildman–Crippen LogP) is 1.55. The molecule has 2 N–H and O–H groups in total. The molecule has 0 bridgehead atoms. The Kier molecular flexibility index (Phi) is 5.17. The molecule has 0 aliphatic carbocycles. The van der Waals surface area contributed by atoms with Crippen LogP contribution in [0.5, 0.6) is 0 Å². The van der Waals surface area contributed by atoms with E-state index < -0.39 is 5.97 Å². The molecule has 0 amide bonds. The number of hydrogen-bond donors (Lipinski definition) is 1. The molecule has 1 aromatic carbocycles. The van der Waals surface area contributed by atoms with Crippen molar-refractivity contribution in [1.82, 2.24) is 0 Å². The summed E-state index contributed by atoms with van der Waals surface area (Å²) in [7, 11) is 1.32. The molecule has 18 heavy (non-hydrogen) atoms. The van der Waals surface area contributed by atoms with Crippen molar-refractivity contribution in [2.24, 2.45) is 0 Å². The van der Waals surface area contributed by atoms with Crippen LogP contribution in [0.3, 0.4) is 0 Å². The number of hydrogen-bond acceptors (Lipinski definition) is 5. The summed E-state index contributed by atoms with van der Waals surface area (Å²) in [5.74, 6) is -0.839. The van der Waals surface area contributed by atoms with Gasteiger partial charge in [0, 0.05) is 5.69 Å². The van der Waals surface area contributed by atoms with E-state index in [1.807, 2.05) is 6.92 Å². The maximum absolute atomic E-state index is 11.7. The molecule has 0 saturated carbocycles. The summed E-state index contributed by atoms with van der Waals surface area (Å²) in [4.78, 5) is 22.9. The summed E-state index contributed by atoms with van der Waals surface area (Å²) in [5, 5.41) is 0. The predicted molar refractivity (Wildman–Crippen MR) is 67.1 cm³/mol. The van der Waals surface area contributed by atoms with Crippen molar-refractivity contribution in [3.05, 3.63) is 29.3 Å². The molecule has 5 heteroatoms. The lowest BCUT2D eigenvalue weighted by Gasteiger charge is -2.08. The minimum Gasteiger partial charge on any atom is -0.469 e. The van der Waals surface area contributed by atoms with Crippen LogP contribution in [0, 0.1) is 0 Å². The van der Waals surface area contributed by atoms with Crippen LogP contribution >= 0.6 is 0 Å². The summed E-state index contributed by atoms with van der Waals surface area (Å²) in [6.07, 6.45) is 0.846. The first-order chi connectivity index (χ1) is 8.58. The van der Waals surface area contributed by atoms with E-state index in [9.17, 15) is 9.59 Å². The van der Waals surface area contributed by atoms with Crippen molar-refractivity contribution in [3.8, 4) is 0 Å². The lowest BCUT2D eigenvalue weighted by atomic mass is 10.1. The summed E-state index contributed by atoms with van der Waals surface area (Å²) in [6, 6.07) is 4.83. The van der Waals surface area contributed by atoms with Crippen LogP contribution in [-0.2, 0) is 20.7 Å². The van der Waals surface area contributed by atoms with Crippen LogP contribution < -0.4 is 5.73 Å². The molecule has 98 valence electrons. The second-order valence-electron chi connectivity index (χ2n) is 3.81. The molecule has 1 rings (SSSR count). The van der Waals surface area contributed by atoms with E-state index in [0.717, 1.165) is 6.42 Å². The highest BCUT2D eigenvalue weighted by Crippen LogP contribution is 2.16. The Balaban J connectivity index is 2.87. The maximum Gasteiger partial charge on any atom is 0.340 e. The first-order valence-corrected chi connectivity index (χ1v) is 5.70. The van der Waals surface area contributed by atoms with Crippen LogP contribution in [0.25, 0.3) is 0 Å². The van der Waals surface area contributed by atoms with Gasteiger partial charge in [-0.05, 0) is 24.1 Å². The highest BCUT2D eigenvalue weighted by Gasteiger charge is 2.13. The van der Waals surface area contributed by atoms with E-state index in [-0.39, 0.29) is 18.0 Å². The highest BCUT2D eigenvalue weighted by molar-refractivity contribution is 5.95. The number of nitrogen functional groups attached to an aromatic ring is 1. The second kappa shape index (κ2) is 6.64. The smallest absolute Gasteiger partial charge is 0.340 e. The molecule has 0 aliphatic heterocycles. The Morgan fingerprint density at radius 3 is 2.67 bits per heavy atom. The number of methoxy groups -OCH3 is 1. The standard InChI is InChI=1S/C13H17NO4/c1-3-6-18-13(16)10-7-9(4-5-11(10)14)8-12(15)17-2/h4-5,7H,3,6,8,14H2,1-2H3. The Hall–Kier alpha value is -2.04. The summed E-state index contributed by atoms with van der Waals surface area (Å²) in [6.45, 7) is 2.25. The minimum atomic E-state index is -0.471. The van der Waals surface area contributed by atoms with Gasteiger partial charge in [0.25, 0.3) is 0 Å². The number of carbonyl (C=O) groups is 2. The van der Waals surface area contributed by atoms with Crippen LogP contribution in [-0.4, -0.2) is 25.7 Å². The summed E-state index contributed by atoms with van der Waals surface area (Å²) in [5.41, 5.74) is 6.99. The molecule has 0 unspecified atom stereocenters. The first-order valence-electron chi connectivity index (χ1n) is 5.70. The highest BCUT2D eigenvalue weighted by atomic mass is 16.5. The zero-order valence-electron chi connectivity index (χ0n) is 10.6. The van der Waals surface area contributed by atoms with Crippen LogP contribution in [0.1, 0.15) is 29.3 Å². The molecule has 1 aromatic rings. The Bertz CT molecular complexity index is 443. The molecular weight excluding hydrogens is 234 g/mol. The molecule has 0 radical (unpaired) electrons. The Morgan fingerprint density at radius 2 is 2.06 bits per heavy atom. The Morgan fingerprint density at radius 1 is 1.33 bits per heavy atom. The largest absolute Gasteiger partial charge is 0.469 e. The van der Waals surface area contributed by atoms with Gasteiger partial charge in [-0.1, -0.05) is 13.0 Å². The van der Waals surface area contributed by atoms with Gasteiger partial charge in [0.05, 0.1) is 25.7 Å². The van der Waals surface area contributed by atoms with Crippen molar-refractivity contribution >= 4 is 17.6 Å². The maximum atomic E-state index is 11.7. The number of benzene rings is 1. The zero-order chi connectivity index (χ0) is 13.5. The van der Waals surface area contributed by atoms with Gasteiger partial charge in [-0.2, -0.15) is 0 Å². The van der Waals surface area contributed by atoms with E-state index in [1.54, 1.807) is 18.2 Å². The van der Waals surface area contributed by atoms with Crippen molar-refractivity contribution in [1.29, 1.82) is 0 Å². The van der Waals surface area contributed by atoms with Crippen molar-refractivity contribution in [3.63, 3.8) is 0 Å². The lowest BCUT2D eigenvalue weighted by Crippen LogP contribution is -2.11. The third-order valence-electron chi connectivity index (χ3n) is 2.35. The van der Waals surface area contributed by atoms with Crippen LogP contribution in [0.15, 0.2) is 18.2 Å². The van der Waals surface area contributed by atoms with Gasteiger partial charge >= 0.3 is 11.9 Å². The monoisotopic (exact) mass is 251 g/mol. The average Bonchev–Trinajstić information content (AvgIpc) is 2.38. The second-order valence-corrected chi connectivity index (χ2v) is 3.81. The van der Waals surface area contributed by atoms with Gasteiger partial charge in [0.2, 0.25) is 0 Å². The zero-order valence-corrected chi connectivity index (χ0v) is 10.6. The van der Waals surface area contributed by atoms with Crippen molar-refractivity contribution < 1.29 is 19.1 Å². The molecular formula is C13H17NO4. The molecule has 0 spiro atoms. The lowest BCUT2D eigenvalue weighted by molar-refractivity contribution is -0.139. The van der Waals surface area contributed by atoms with Crippen molar-refractivity contribution in [2.45, 2.75) is 19.8 Å². The normalized spacial score (nSPS) is 9.89. The molecule has 0 aliphatic rings. The third-order valence-corrected chi connectivity index (χ3v) is 2.35. The SMILES string of the molecule is CCCOC(=O)c1cc(CC(=O)OC)ccc1N. The van der Waals surface area contributed by atoms with E-state index in [2.05, 4.69) is 4.74 Å². The first kappa shape index (κ1) is 14.0. The van der Waals surface area contributed by atoms with Gasteiger partial charge in [0.15, 0.2) is 0 Å². The van der Waals surface area contributed by atoms with Gasteiger partial charge in [0.1, 0.15) is 0 Å². The summed E-state index contributed by atoms with van der Waals surface area (Å²) >= 11 is 0. The number of ether oxygens (including phenoxy) is 2. The van der Waals surface area contributed by atoms with E-state index in [4.69, 9.17) is 10.5 Å². The van der Waals surface area contributed by atoms with E-state index in [0.29, 0.717) is 17.9 Å². The van der Waals surface area contributed by atoms with Gasteiger partial charge < -0.3 is 15.2 Å². The third kappa shape index (κ3) is 3.76. The van der Waals surface area contributed by atoms with Gasteiger partial charge in [-0.15, -0.1) is 0 Å². The summed E-state index contributed by atoms with van der Waals surface area (Å²) < 4.78 is 9.57. The van der Waals surface area contributed by atoms with E-state index in [1.165, 1.54) is 7.11 Å². The average molecular weight is 251 g/mol. The molecule has 0 fully saturated rings. The molecule has 0 heterocycles. The van der Waals surface area contributed by atoms with Gasteiger partial charge in [-0.3, -0.25) is 4.79 Å². The fourth-order valence-electron chi connectivity index (χ4n) is 1.40. The molecule has 0 aromatic heterocycles. The number of carbonyl (C=O) groups excluding carboxylic acids is 2. The Labute approximate surface area is 106 Å². The van der Waals surface area contributed by atoms with E-state index >= 15 is 0 Å². The topological polar surface area (TPSA) is 78.6 Å². The fourth-order valence-corrected chi connectivity index (χ4v) is 1.40. The quantitative estimate of drug-likeness (QED) is 0.634. The number of esters is 2. The minimum absolute atomic E-state index is 0.102. The molecule has 0 atom stereocenters. The van der Waals surface area contributed by atoms with Gasteiger partial charge in [-0.25, -0.2) is 4.79 Å². The number of nitrogens with two attached hydrogens (primary N) is 1. The van der Waals surface area contributed by atoms with Crippen molar-refractivity contribution in [2.75, 3.05) is 19.5 Å². The van der Waals surface area contributed by atoms with Crippen LogP contribution in [0.4, 0.5) is 5.69 Å². The van der Waals surface area contributed by atoms with Crippen LogP contribution in [0.2, 0.25) is 0 Å². The molecule has 0 saturated heterocycles. The number of anilines is 1. The molecule has 5 nitrogen and oxygen atoms in total. The number of rotatable bonds is 5. The fraction of sp³-hybridized carbons (Fsp3) is 0.385.